The summed E-state index contributed by atoms with van der Waals surface area (Å²) in [6.07, 6.45) is 0.275. The Morgan fingerprint density at radius 2 is 1.73 bits per heavy atom. The van der Waals surface area contributed by atoms with Gasteiger partial charge in [0.25, 0.3) is 5.91 Å². The number of hydrogen-bond donors (Lipinski definition) is 3. The normalized spacial score (nSPS) is 10.3. The molecule has 0 heterocycles. The Balaban J connectivity index is 2.47. The molecule has 120 valence electrons. The maximum atomic E-state index is 11.8. The van der Waals surface area contributed by atoms with E-state index in [-0.39, 0.29) is 23.5 Å². The van der Waals surface area contributed by atoms with Crippen LogP contribution in [0.2, 0.25) is 0 Å². The molecule has 0 radical (unpaired) electrons. The lowest BCUT2D eigenvalue weighted by molar-refractivity contribution is -0.122. The molecular formula is C15H21N3O4. The highest BCUT2D eigenvalue weighted by Crippen LogP contribution is 2.04. The summed E-state index contributed by atoms with van der Waals surface area (Å²) in [4.78, 5) is 36.4. The Bertz CT molecular complexity index is 541. The van der Waals surface area contributed by atoms with Gasteiger partial charge < -0.3 is 10.0 Å². The quantitative estimate of drug-likeness (QED) is 0.649. The summed E-state index contributed by atoms with van der Waals surface area (Å²) in [5, 5.41) is 8.87. The lowest BCUT2D eigenvalue weighted by atomic mass is 10.1. The molecule has 0 fully saturated rings. The van der Waals surface area contributed by atoms with Crippen LogP contribution in [0, 0.1) is 0 Å². The highest BCUT2D eigenvalue weighted by molar-refractivity contribution is 5.98. The van der Waals surface area contributed by atoms with E-state index < -0.39 is 11.9 Å². The number of hydrazine groups is 1. The highest BCUT2D eigenvalue weighted by Gasteiger charge is 2.11. The number of benzene rings is 1. The third-order valence-corrected chi connectivity index (χ3v) is 3.24. The lowest BCUT2D eigenvalue weighted by Crippen LogP contribution is -2.42. The van der Waals surface area contributed by atoms with Crippen LogP contribution in [-0.2, 0) is 4.79 Å². The van der Waals surface area contributed by atoms with Gasteiger partial charge in [0.2, 0.25) is 5.91 Å². The summed E-state index contributed by atoms with van der Waals surface area (Å²) in [5.41, 5.74) is 4.78. The number of amides is 2. The van der Waals surface area contributed by atoms with E-state index in [2.05, 4.69) is 15.8 Å². The first kappa shape index (κ1) is 17.6. The first-order valence-electron chi connectivity index (χ1n) is 7.12. The first-order chi connectivity index (χ1) is 10.5. The van der Waals surface area contributed by atoms with Gasteiger partial charge in [-0.05, 0) is 31.3 Å². The predicted octanol–water partition coefficient (Wildman–Crippen LogP) is 0.878. The Kier molecular flexibility index (Phi) is 7.04. The van der Waals surface area contributed by atoms with Gasteiger partial charge in [-0.1, -0.05) is 19.9 Å². The summed E-state index contributed by atoms with van der Waals surface area (Å²) < 4.78 is 0. The zero-order valence-corrected chi connectivity index (χ0v) is 12.8. The number of hydrogen-bond acceptors (Lipinski definition) is 4. The number of aromatic carboxylic acids is 1. The molecule has 1 aromatic rings. The molecule has 0 aliphatic heterocycles. The Labute approximate surface area is 129 Å². The third kappa shape index (κ3) is 5.53. The zero-order valence-electron chi connectivity index (χ0n) is 12.8. The molecule has 0 saturated heterocycles. The molecule has 2 amide bonds. The van der Waals surface area contributed by atoms with Crippen LogP contribution < -0.4 is 10.9 Å². The number of carbonyl (C=O) groups excluding carboxylic acids is 2. The minimum atomic E-state index is -1.11. The summed E-state index contributed by atoms with van der Waals surface area (Å²) in [6, 6.07) is 5.59. The van der Waals surface area contributed by atoms with Crippen LogP contribution in [0.15, 0.2) is 24.3 Å². The largest absolute Gasteiger partial charge is 0.478 e. The molecule has 0 aliphatic carbocycles. The number of carboxylic acid groups (broad SMARTS) is 1. The first-order valence-corrected chi connectivity index (χ1v) is 7.12. The smallest absolute Gasteiger partial charge is 0.335 e. The molecule has 7 heteroatoms. The second kappa shape index (κ2) is 8.78. The lowest BCUT2D eigenvalue weighted by Gasteiger charge is -2.17. The second-order valence-corrected chi connectivity index (χ2v) is 4.67. The summed E-state index contributed by atoms with van der Waals surface area (Å²) in [5.74, 6) is -1.97. The number of carboxylic acids is 1. The average Bonchev–Trinajstić information content (AvgIpc) is 2.53. The maximum Gasteiger partial charge on any atom is 0.335 e. The van der Waals surface area contributed by atoms with E-state index in [1.807, 2.05) is 13.8 Å². The van der Waals surface area contributed by atoms with Gasteiger partial charge in [0, 0.05) is 18.5 Å². The van der Waals surface area contributed by atoms with Crippen LogP contribution in [0.4, 0.5) is 0 Å². The number of nitrogens with zero attached hydrogens (tertiary/aromatic N) is 1. The highest BCUT2D eigenvalue weighted by atomic mass is 16.4. The minimum Gasteiger partial charge on any atom is -0.478 e. The fourth-order valence-electron chi connectivity index (χ4n) is 1.85. The van der Waals surface area contributed by atoms with Crippen molar-refractivity contribution in [2.75, 3.05) is 19.6 Å². The van der Waals surface area contributed by atoms with Gasteiger partial charge >= 0.3 is 5.97 Å². The van der Waals surface area contributed by atoms with Gasteiger partial charge in [0.15, 0.2) is 0 Å². The van der Waals surface area contributed by atoms with Gasteiger partial charge in [-0.2, -0.15) is 0 Å². The van der Waals surface area contributed by atoms with Crippen molar-refractivity contribution in [3.63, 3.8) is 0 Å². The van der Waals surface area contributed by atoms with Crippen molar-refractivity contribution in [3.05, 3.63) is 35.4 Å². The Morgan fingerprint density at radius 1 is 1.09 bits per heavy atom. The molecule has 0 spiro atoms. The van der Waals surface area contributed by atoms with Crippen LogP contribution in [-0.4, -0.2) is 47.4 Å². The summed E-state index contributed by atoms with van der Waals surface area (Å²) in [7, 11) is 0. The molecule has 0 saturated carbocycles. The standard InChI is InChI=1S/C15H21N3O4/c1-3-18(4-2)9-8-13(19)16-17-14(20)11-6-5-7-12(10-11)15(21)22/h5-7,10H,3-4,8-9H2,1-2H3,(H,16,19)(H,17,20)(H,21,22). The average molecular weight is 307 g/mol. The van der Waals surface area contributed by atoms with Crippen molar-refractivity contribution < 1.29 is 19.5 Å². The van der Waals surface area contributed by atoms with Crippen molar-refractivity contribution in [1.29, 1.82) is 0 Å². The maximum absolute atomic E-state index is 11.8. The van der Waals surface area contributed by atoms with Crippen molar-refractivity contribution in [1.82, 2.24) is 15.8 Å². The molecule has 1 rings (SSSR count). The van der Waals surface area contributed by atoms with E-state index in [0.29, 0.717) is 6.54 Å². The topological polar surface area (TPSA) is 98.7 Å². The molecule has 0 aromatic heterocycles. The fourth-order valence-corrected chi connectivity index (χ4v) is 1.85. The Morgan fingerprint density at radius 3 is 2.32 bits per heavy atom. The van der Waals surface area contributed by atoms with E-state index in [9.17, 15) is 14.4 Å². The van der Waals surface area contributed by atoms with Gasteiger partial charge in [-0.3, -0.25) is 20.4 Å². The van der Waals surface area contributed by atoms with Crippen molar-refractivity contribution in [3.8, 4) is 0 Å². The van der Waals surface area contributed by atoms with Gasteiger partial charge in [-0.15, -0.1) is 0 Å². The monoisotopic (exact) mass is 307 g/mol. The molecule has 3 N–H and O–H groups in total. The molecule has 0 atom stereocenters. The van der Waals surface area contributed by atoms with Crippen molar-refractivity contribution in [2.24, 2.45) is 0 Å². The molecule has 7 nitrogen and oxygen atoms in total. The van der Waals surface area contributed by atoms with Crippen molar-refractivity contribution >= 4 is 17.8 Å². The third-order valence-electron chi connectivity index (χ3n) is 3.24. The molecule has 0 bridgehead atoms. The minimum absolute atomic E-state index is 0.0144. The van der Waals surface area contributed by atoms with Crippen molar-refractivity contribution in [2.45, 2.75) is 20.3 Å². The van der Waals surface area contributed by atoms with Crippen LogP contribution in [0.25, 0.3) is 0 Å². The van der Waals surface area contributed by atoms with Crippen LogP contribution in [0.5, 0.6) is 0 Å². The van der Waals surface area contributed by atoms with E-state index in [1.165, 1.54) is 24.3 Å². The SMILES string of the molecule is CCN(CC)CCC(=O)NNC(=O)c1cccc(C(=O)O)c1. The van der Waals surface area contributed by atoms with Crippen LogP contribution in [0.3, 0.4) is 0 Å². The molecular weight excluding hydrogens is 286 g/mol. The van der Waals surface area contributed by atoms with Gasteiger partial charge in [0.1, 0.15) is 0 Å². The second-order valence-electron chi connectivity index (χ2n) is 4.67. The van der Waals surface area contributed by atoms with E-state index >= 15 is 0 Å². The fraction of sp³-hybridized carbons (Fsp3) is 0.400. The number of rotatable bonds is 7. The van der Waals surface area contributed by atoms with E-state index in [4.69, 9.17) is 5.11 Å². The number of nitrogens with one attached hydrogen (secondary N) is 2. The van der Waals surface area contributed by atoms with E-state index in [1.54, 1.807) is 0 Å². The van der Waals surface area contributed by atoms with Gasteiger partial charge in [-0.25, -0.2) is 4.79 Å². The Hall–Kier alpha value is -2.41. The predicted molar refractivity (Wildman–Crippen MR) is 81.4 cm³/mol. The molecule has 22 heavy (non-hydrogen) atoms. The molecule has 0 aliphatic rings. The van der Waals surface area contributed by atoms with Crippen LogP contribution >= 0.6 is 0 Å². The van der Waals surface area contributed by atoms with Gasteiger partial charge in [0.05, 0.1) is 5.56 Å². The van der Waals surface area contributed by atoms with Crippen LogP contribution in [0.1, 0.15) is 41.0 Å². The zero-order chi connectivity index (χ0) is 16.5. The summed E-state index contributed by atoms with van der Waals surface area (Å²) >= 11 is 0. The van der Waals surface area contributed by atoms with E-state index in [0.717, 1.165) is 13.1 Å². The number of carbonyl (C=O) groups is 3. The molecule has 0 unspecified atom stereocenters. The molecule has 1 aromatic carbocycles. The summed E-state index contributed by atoms with van der Waals surface area (Å²) in [6.45, 7) is 6.36.